The van der Waals surface area contributed by atoms with Gasteiger partial charge < -0.3 is 9.47 Å². The Hall–Kier alpha value is -2.05. The summed E-state index contributed by atoms with van der Waals surface area (Å²) in [6.07, 6.45) is 0.0217. The summed E-state index contributed by atoms with van der Waals surface area (Å²) in [6.45, 7) is 10.0. The molecule has 0 radical (unpaired) electrons. The smallest absolute Gasteiger partial charge is 0.311 e. The van der Waals surface area contributed by atoms with E-state index < -0.39 is 25.6 Å². The second kappa shape index (κ2) is 11.5. The Balaban J connectivity index is 1.89. The number of rotatable bonds is 10. The molecule has 0 amide bonds. The Labute approximate surface area is 191 Å². The minimum Gasteiger partial charge on any atom is -0.460 e. The van der Waals surface area contributed by atoms with Crippen molar-refractivity contribution in [2.45, 2.75) is 70.0 Å². The first-order chi connectivity index (χ1) is 14.7. The fourth-order valence-electron chi connectivity index (χ4n) is 3.34. The van der Waals surface area contributed by atoms with E-state index in [-0.39, 0.29) is 12.8 Å². The van der Waals surface area contributed by atoms with Gasteiger partial charge in [-0.15, -0.1) is 11.8 Å². The lowest BCUT2D eigenvalue weighted by Crippen LogP contribution is -2.49. The van der Waals surface area contributed by atoms with Gasteiger partial charge in [-0.3, -0.25) is 9.59 Å². The molecule has 0 aliphatic heterocycles. The Kier molecular flexibility index (Phi) is 9.38. The monoisotopic (exact) mass is 458 g/mol. The maximum atomic E-state index is 12.0. The summed E-state index contributed by atoms with van der Waals surface area (Å²) in [5.74, 6) is -0.330. The van der Waals surface area contributed by atoms with E-state index in [1.165, 1.54) is 22.2 Å². The molecular formula is C25H34O4SSi. The van der Waals surface area contributed by atoms with Crippen LogP contribution < -0.4 is 9.92 Å². The molecule has 0 spiro atoms. The fraction of sp³-hybridized carbons (Fsp3) is 0.440. The number of esters is 2. The van der Waals surface area contributed by atoms with Crippen molar-refractivity contribution >= 4 is 37.0 Å². The van der Waals surface area contributed by atoms with E-state index >= 15 is 0 Å². The van der Waals surface area contributed by atoms with Crippen LogP contribution in [-0.2, 0) is 14.3 Å². The molecule has 0 aromatic heterocycles. The molecule has 0 N–H and O–H groups in total. The average molecular weight is 459 g/mol. The van der Waals surface area contributed by atoms with Gasteiger partial charge in [-0.05, 0) is 50.4 Å². The Morgan fingerprint density at radius 1 is 0.871 bits per heavy atom. The third-order valence-corrected chi connectivity index (χ3v) is 12.9. The molecule has 0 saturated carbocycles. The van der Waals surface area contributed by atoms with Gasteiger partial charge in [-0.2, -0.15) is 0 Å². The van der Waals surface area contributed by atoms with Crippen LogP contribution >= 0.6 is 11.8 Å². The van der Waals surface area contributed by atoms with Crippen molar-refractivity contribution in [3.63, 3.8) is 0 Å². The topological polar surface area (TPSA) is 52.6 Å². The number of ether oxygens (including phenoxy) is 2. The molecule has 0 atom stereocenters. The first-order valence-electron chi connectivity index (χ1n) is 10.9. The molecule has 31 heavy (non-hydrogen) atoms. The normalized spacial score (nSPS) is 11.8. The van der Waals surface area contributed by atoms with Crippen LogP contribution in [0.4, 0.5) is 0 Å². The summed E-state index contributed by atoms with van der Waals surface area (Å²) in [6, 6.07) is 21.0. The summed E-state index contributed by atoms with van der Waals surface area (Å²) >= 11 is 1.88. The lowest BCUT2D eigenvalue weighted by molar-refractivity contribution is -0.156. The zero-order valence-corrected chi connectivity index (χ0v) is 21.1. The van der Waals surface area contributed by atoms with Crippen molar-refractivity contribution < 1.29 is 19.1 Å². The molecule has 2 aromatic carbocycles. The van der Waals surface area contributed by atoms with Crippen LogP contribution in [0.3, 0.4) is 0 Å². The van der Waals surface area contributed by atoms with Crippen molar-refractivity contribution in [1.29, 1.82) is 0 Å². The van der Waals surface area contributed by atoms with E-state index in [1.807, 2.05) is 36.0 Å². The molecule has 0 bridgehead atoms. The van der Waals surface area contributed by atoms with Gasteiger partial charge in [0.1, 0.15) is 11.4 Å². The number of hydrogen-bond acceptors (Lipinski definition) is 5. The second-order valence-corrected chi connectivity index (χ2v) is 15.1. The molecule has 0 unspecified atom stereocenters. The highest BCUT2D eigenvalue weighted by Crippen LogP contribution is 2.28. The van der Waals surface area contributed by atoms with Gasteiger partial charge in [0.05, 0.1) is 20.9 Å². The summed E-state index contributed by atoms with van der Waals surface area (Å²) in [5.41, 5.74) is -0.551. The van der Waals surface area contributed by atoms with Gasteiger partial charge in [0.15, 0.2) is 0 Å². The van der Waals surface area contributed by atoms with Crippen molar-refractivity contribution in [2.75, 3.05) is 5.38 Å². The van der Waals surface area contributed by atoms with E-state index in [2.05, 4.69) is 44.2 Å². The Morgan fingerprint density at radius 2 is 1.45 bits per heavy atom. The largest absolute Gasteiger partial charge is 0.460 e. The van der Waals surface area contributed by atoms with Crippen LogP contribution in [0.2, 0.25) is 12.1 Å². The van der Waals surface area contributed by atoms with Gasteiger partial charge in [0.2, 0.25) is 0 Å². The molecule has 0 aliphatic carbocycles. The highest BCUT2D eigenvalue weighted by atomic mass is 32.2. The molecule has 6 heteroatoms. The third-order valence-electron chi connectivity index (χ3n) is 5.26. The Morgan fingerprint density at radius 3 is 2.00 bits per heavy atom. The van der Waals surface area contributed by atoms with Gasteiger partial charge >= 0.3 is 11.9 Å². The molecule has 0 saturated heterocycles. The number of carbonyl (C=O) groups excluding carboxylic acids is 2. The van der Waals surface area contributed by atoms with Crippen LogP contribution in [0.25, 0.3) is 0 Å². The van der Waals surface area contributed by atoms with E-state index in [0.717, 1.165) is 5.38 Å². The number of hydrogen-bond donors (Lipinski definition) is 0. The predicted octanol–water partition coefficient (Wildman–Crippen LogP) is 5.74. The van der Waals surface area contributed by atoms with E-state index in [0.29, 0.717) is 5.75 Å². The first-order valence-corrected chi connectivity index (χ1v) is 14.5. The Bertz CT molecular complexity index is 840. The standard InChI is InChI=1S/C25H34O4SSi/c1-6-31(7-2,22-11-9-8-10-12-22)19-30-21-15-13-20(14-16-21)28-23(26)17-18-24(27)29-25(3,4)5/h8-16H,6-7,17-19H2,1-5H3. The minimum atomic E-state index is -1.55. The van der Waals surface area contributed by atoms with Crippen LogP contribution in [0.5, 0.6) is 5.75 Å². The van der Waals surface area contributed by atoms with Crippen molar-refractivity contribution in [2.24, 2.45) is 0 Å². The summed E-state index contributed by atoms with van der Waals surface area (Å²) in [4.78, 5) is 24.9. The summed E-state index contributed by atoms with van der Waals surface area (Å²) < 4.78 is 10.6. The quantitative estimate of drug-likeness (QED) is 0.197. The van der Waals surface area contributed by atoms with Crippen LogP contribution in [0, 0.1) is 0 Å². The van der Waals surface area contributed by atoms with E-state index in [4.69, 9.17) is 9.47 Å². The van der Waals surface area contributed by atoms with Gasteiger partial charge in [0, 0.05) is 4.90 Å². The van der Waals surface area contributed by atoms with Crippen LogP contribution in [0.15, 0.2) is 59.5 Å². The van der Waals surface area contributed by atoms with Crippen LogP contribution in [-0.4, -0.2) is 31.0 Å². The first kappa shape index (κ1) is 25.2. The second-order valence-electron chi connectivity index (χ2n) is 8.67. The van der Waals surface area contributed by atoms with Gasteiger partial charge in [0.25, 0.3) is 0 Å². The van der Waals surface area contributed by atoms with Gasteiger partial charge in [-0.1, -0.05) is 61.5 Å². The maximum Gasteiger partial charge on any atom is 0.311 e. The summed E-state index contributed by atoms with van der Waals surface area (Å²) in [7, 11) is -1.55. The molecule has 2 aromatic rings. The minimum absolute atomic E-state index is 0.00358. The molecule has 168 valence electrons. The maximum absolute atomic E-state index is 12.0. The molecule has 0 aliphatic rings. The van der Waals surface area contributed by atoms with Gasteiger partial charge in [-0.25, -0.2) is 0 Å². The van der Waals surface area contributed by atoms with Crippen molar-refractivity contribution in [1.82, 2.24) is 0 Å². The fourth-order valence-corrected chi connectivity index (χ4v) is 9.96. The SMILES string of the molecule is CC[Si](CC)(CSc1ccc(OC(=O)CCC(=O)OC(C)(C)C)cc1)c1ccccc1. The molecule has 0 heterocycles. The number of thioether (sulfide) groups is 1. The highest BCUT2D eigenvalue weighted by molar-refractivity contribution is 8.01. The molecule has 0 fully saturated rings. The molecular weight excluding hydrogens is 424 g/mol. The zero-order chi connectivity index (χ0) is 22.9. The lowest BCUT2D eigenvalue weighted by atomic mass is 10.2. The molecule has 2 rings (SSSR count). The third kappa shape index (κ3) is 8.18. The highest BCUT2D eigenvalue weighted by Gasteiger charge is 2.31. The van der Waals surface area contributed by atoms with Crippen molar-refractivity contribution in [3.8, 4) is 5.75 Å². The summed E-state index contributed by atoms with van der Waals surface area (Å²) in [5, 5.41) is 2.64. The van der Waals surface area contributed by atoms with E-state index in [9.17, 15) is 9.59 Å². The zero-order valence-electron chi connectivity index (χ0n) is 19.3. The van der Waals surface area contributed by atoms with E-state index in [1.54, 1.807) is 20.8 Å². The molecule has 4 nitrogen and oxygen atoms in total. The number of benzene rings is 2. The van der Waals surface area contributed by atoms with Crippen LogP contribution in [0.1, 0.15) is 47.5 Å². The lowest BCUT2D eigenvalue weighted by Gasteiger charge is -2.29. The van der Waals surface area contributed by atoms with Crippen molar-refractivity contribution in [3.05, 3.63) is 54.6 Å². The average Bonchev–Trinajstić information content (AvgIpc) is 2.74. The number of carbonyl (C=O) groups is 2. The predicted molar refractivity (Wildman–Crippen MR) is 131 cm³/mol.